The van der Waals surface area contributed by atoms with E-state index in [4.69, 9.17) is 4.74 Å². The van der Waals surface area contributed by atoms with Crippen LogP contribution in [0.5, 0.6) is 0 Å². The lowest BCUT2D eigenvalue weighted by Crippen LogP contribution is -2.63. The van der Waals surface area contributed by atoms with E-state index in [1.165, 1.54) is 25.7 Å². The van der Waals surface area contributed by atoms with Crippen molar-refractivity contribution in [3.63, 3.8) is 0 Å². The predicted molar refractivity (Wildman–Crippen MR) is 84.8 cm³/mol. The highest BCUT2D eigenvalue weighted by Crippen LogP contribution is 2.44. The van der Waals surface area contributed by atoms with Crippen LogP contribution in [-0.4, -0.2) is 36.3 Å². The van der Waals surface area contributed by atoms with Crippen LogP contribution in [0.15, 0.2) is 0 Å². The maximum atomic E-state index is 6.06. The van der Waals surface area contributed by atoms with E-state index in [0.717, 1.165) is 17.9 Å². The SMILES string of the molecule is CSC1CCCC1NC1CC(OCC(C)C)C1(C)C. The van der Waals surface area contributed by atoms with Gasteiger partial charge in [0.05, 0.1) is 6.10 Å². The molecule has 19 heavy (non-hydrogen) atoms. The van der Waals surface area contributed by atoms with Crippen molar-refractivity contribution in [3.8, 4) is 0 Å². The Morgan fingerprint density at radius 1 is 1.32 bits per heavy atom. The molecule has 2 saturated carbocycles. The largest absolute Gasteiger partial charge is 0.377 e. The van der Waals surface area contributed by atoms with E-state index in [0.29, 0.717) is 23.5 Å². The van der Waals surface area contributed by atoms with Gasteiger partial charge in [0.1, 0.15) is 0 Å². The number of hydrogen-bond donors (Lipinski definition) is 1. The summed E-state index contributed by atoms with van der Waals surface area (Å²) in [4.78, 5) is 0. The van der Waals surface area contributed by atoms with Crippen molar-refractivity contribution in [2.24, 2.45) is 11.3 Å². The fourth-order valence-corrected chi connectivity index (χ4v) is 4.36. The van der Waals surface area contributed by atoms with Crippen LogP contribution in [0.4, 0.5) is 0 Å². The third kappa shape index (κ3) is 3.48. The minimum atomic E-state index is 0.292. The Balaban J connectivity index is 1.80. The highest BCUT2D eigenvalue weighted by molar-refractivity contribution is 7.99. The van der Waals surface area contributed by atoms with Crippen molar-refractivity contribution in [1.82, 2.24) is 5.32 Å². The molecule has 0 bridgehead atoms. The molecule has 4 atom stereocenters. The summed E-state index contributed by atoms with van der Waals surface area (Å²) in [6, 6.07) is 1.37. The summed E-state index contributed by atoms with van der Waals surface area (Å²) in [7, 11) is 0. The fraction of sp³-hybridized carbons (Fsp3) is 1.00. The van der Waals surface area contributed by atoms with Gasteiger partial charge in [-0.2, -0.15) is 11.8 Å². The second-order valence-electron chi connectivity index (χ2n) is 7.30. The van der Waals surface area contributed by atoms with E-state index in [1.54, 1.807) is 0 Å². The maximum Gasteiger partial charge on any atom is 0.0656 e. The molecule has 112 valence electrons. The molecular formula is C16H31NOS. The zero-order valence-electron chi connectivity index (χ0n) is 13.2. The van der Waals surface area contributed by atoms with Gasteiger partial charge in [0.15, 0.2) is 0 Å². The summed E-state index contributed by atoms with van der Waals surface area (Å²) in [5.74, 6) is 0.638. The molecule has 2 rings (SSSR count). The second kappa shape index (κ2) is 6.36. The molecule has 4 unspecified atom stereocenters. The highest BCUT2D eigenvalue weighted by Gasteiger charge is 2.50. The van der Waals surface area contributed by atoms with Crippen molar-refractivity contribution < 1.29 is 4.74 Å². The Morgan fingerprint density at radius 3 is 2.63 bits per heavy atom. The first-order valence-electron chi connectivity index (χ1n) is 7.85. The topological polar surface area (TPSA) is 21.3 Å². The number of rotatable bonds is 6. The van der Waals surface area contributed by atoms with E-state index in [9.17, 15) is 0 Å². The molecule has 0 saturated heterocycles. The van der Waals surface area contributed by atoms with Gasteiger partial charge in [0.25, 0.3) is 0 Å². The van der Waals surface area contributed by atoms with E-state index in [2.05, 4.69) is 39.3 Å². The molecule has 3 heteroatoms. The number of nitrogens with one attached hydrogen (secondary N) is 1. The number of ether oxygens (including phenoxy) is 1. The lowest BCUT2D eigenvalue weighted by molar-refractivity contribution is -0.125. The van der Waals surface area contributed by atoms with Gasteiger partial charge in [-0.3, -0.25) is 0 Å². The van der Waals surface area contributed by atoms with E-state index in [-0.39, 0.29) is 0 Å². The van der Waals surface area contributed by atoms with Crippen LogP contribution < -0.4 is 5.32 Å². The molecular weight excluding hydrogens is 254 g/mol. The van der Waals surface area contributed by atoms with E-state index in [1.807, 2.05) is 11.8 Å². The average molecular weight is 285 g/mol. The van der Waals surface area contributed by atoms with Crippen LogP contribution in [0.25, 0.3) is 0 Å². The van der Waals surface area contributed by atoms with Gasteiger partial charge < -0.3 is 10.1 Å². The summed E-state index contributed by atoms with van der Waals surface area (Å²) in [5, 5.41) is 4.75. The fourth-order valence-electron chi connectivity index (χ4n) is 3.42. The summed E-state index contributed by atoms with van der Waals surface area (Å²) in [5.41, 5.74) is 0.292. The van der Waals surface area contributed by atoms with Crippen LogP contribution in [0.3, 0.4) is 0 Å². The third-order valence-electron chi connectivity index (χ3n) is 4.98. The van der Waals surface area contributed by atoms with Gasteiger partial charge >= 0.3 is 0 Å². The normalized spacial score (nSPS) is 37.6. The lowest BCUT2D eigenvalue weighted by Gasteiger charge is -2.53. The van der Waals surface area contributed by atoms with Crippen LogP contribution in [0.2, 0.25) is 0 Å². The summed E-state index contributed by atoms with van der Waals surface area (Å²) in [6.07, 6.45) is 8.03. The molecule has 2 nitrogen and oxygen atoms in total. The Labute approximate surface area is 123 Å². The molecule has 0 aliphatic heterocycles. The molecule has 1 N–H and O–H groups in total. The summed E-state index contributed by atoms with van der Waals surface area (Å²) < 4.78 is 6.06. The Morgan fingerprint density at radius 2 is 2.05 bits per heavy atom. The van der Waals surface area contributed by atoms with Crippen molar-refractivity contribution in [3.05, 3.63) is 0 Å². The van der Waals surface area contributed by atoms with Gasteiger partial charge in [-0.05, 0) is 31.4 Å². The standard InChI is InChI=1S/C16H31NOS/c1-11(2)10-18-15-9-14(16(15,3)4)17-12-7-6-8-13(12)19-5/h11-15,17H,6-10H2,1-5H3. The zero-order chi connectivity index (χ0) is 14.0. The molecule has 0 spiro atoms. The average Bonchev–Trinajstić information content (AvgIpc) is 2.79. The van der Waals surface area contributed by atoms with Crippen LogP contribution in [0.1, 0.15) is 53.4 Å². The van der Waals surface area contributed by atoms with Crippen LogP contribution >= 0.6 is 11.8 Å². The van der Waals surface area contributed by atoms with Crippen molar-refractivity contribution in [1.29, 1.82) is 0 Å². The van der Waals surface area contributed by atoms with Crippen molar-refractivity contribution >= 4 is 11.8 Å². The maximum absolute atomic E-state index is 6.06. The Kier molecular flexibility index (Phi) is 5.24. The smallest absolute Gasteiger partial charge is 0.0656 e. The zero-order valence-corrected chi connectivity index (χ0v) is 14.1. The monoisotopic (exact) mass is 285 g/mol. The molecule has 0 amide bonds. The van der Waals surface area contributed by atoms with Crippen LogP contribution in [0, 0.1) is 11.3 Å². The Bertz CT molecular complexity index is 292. The van der Waals surface area contributed by atoms with Gasteiger partial charge in [-0.15, -0.1) is 0 Å². The molecule has 0 aromatic heterocycles. The number of thioether (sulfide) groups is 1. The molecule has 0 heterocycles. The molecule has 0 radical (unpaired) electrons. The molecule has 2 fully saturated rings. The quantitative estimate of drug-likeness (QED) is 0.804. The minimum absolute atomic E-state index is 0.292. The number of hydrogen-bond acceptors (Lipinski definition) is 3. The molecule has 0 aromatic rings. The first-order chi connectivity index (χ1) is 8.95. The Hall–Kier alpha value is 0.270. The van der Waals surface area contributed by atoms with E-state index >= 15 is 0 Å². The highest BCUT2D eigenvalue weighted by atomic mass is 32.2. The van der Waals surface area contributed by atoms with Gasteiger partial charge in [0, 0.05) is 29.4 Å². The molecule has 0 aromatic carbocycles. The van der Waals surface area contributed by atoms with Gasteiger partial charge in [0.2, 0.25) is 0 Å². The van der Waals surface area contributed by atoms with Gasteiger partial charge in [-0.1, -0.05) is 34.1 Å². The van der Waals surface area contributed by atoms with Crippen molar-refractivity contribution in [2.45, 2.75) is 76.8 Å². The second-order valence-corrected chi connectivity index (χ2v) is 8.38. The van der Waals surface area contributed by atoms with Crippen molar-refractivity contribution in [2.75, 3.05) is 12.9 Å². The molecule has 2 aliphatic carbocycles. The summed E-state index contributed by atoms with van der Waals surface area (Å²) >= 11 is 2.04. The van der Waals surface area contributed by atoms with E-state index < -0.39 is 0 Å². The van der Waals surface area contributed by atoms with Gasteiger partial charge in [-0.25, -0.2) is 0 Å². The summed E-state index contributed by atoms with van der Waals surface area (Å²) in [6.45, 7) is 10.1. The lowest BCUT2D eigenvalue weighted by atomic mass is 9.64. The van der Waals surface area contributed by atoms with Crippen LogP contribution in [-0.2, 0) is 4.74 Å². The predicted octanol–water partition coefficient (Wildman–Crippen LogP) is 3.70. The molecule has 2 aliphatic rings. The third-order valence-corrected chi connectivity index (χ3v) is 6.15. The first kappa shape index (κ1) is 15.7. The first-order valence-corrected chi connectivity index (χ1v) is 9.14. The minimum Gasteiger partial charge on any atom is -0.377 e.